The Kier molecular flexibility index (Phi) is 5.73. The monoisotopic (exact) mass is 392 g/mol. The van der Waals surface area contributed by atoms with E-state index in [0.717, 1.165) is 10.0 Å². The van der Waals surface area contributed by atoms with E-state index in [9.17, 15) is 18.0 Å². The predicted octanol–water partition coefficient (Wildman–Crippen LogP) is 4.36. The van der Waals surface area contributed by atoms with Crippen LogP contribution >= 0.6 is 15.9 Å². The summed E-state index contributed by atoms with van der Waals surface area (Å²) in [4.78, 5) is 14.0. The molecule has 1 heterocycles. The van der Waals surface area contributed by atoms with Gasteiger partial charge in [0.2, 0.25) is 5.91 Å². The smallest absolute Gasteiger partial charge is 0.324 e. The minimum Gasteiger partial charge on any atom is -0.324 e. The van der Waals surface area contributed by atoms with Crippen LogP contribution in [-0.2, 0) is 4.79 Å². The number of anilines is 1. The molecule has 23 heavy (non-hydrogen) atoms. The zero-order valence-corrected chi connectivity index (χ0v) is 14.7. The molecule has 1 N–H and O–H groups in total. The number of benzene rings is 1. The van der Waals surface area contributed by atoms with Crippen molar-refractivity contribution < 1.29 is 18.0 Å². The Balaban J connectivity index is 2.01. The maximum Gasteiger partial charge on any atom is 0.393 e. The van der Waals surface area contributed by atoms with Crippen LogP contribution in [0.1, 0.15) is 25.3 Å². The maximum absolute atomic E-state index is 12.9. The average molecular weight is 393 g/mol. The lowest BCUT2D eigenvalue weighted by Crippen LogP contribution is -2.49. The van der Waals surface area contributed by atoms with Gasteiger partial charge in [-0.3, -0.25) is 9.69 Å². The molecular formula is C16H20BrF3N2O. The van der Waals surface area contributed by atoms with E-state index < -0.39 is 18.1 Å². The summed E-state index contributed by atoms with van der Waals surface area (Å²) >= 11 is 3.38. The molecule has 7 heteroatoms. The van der Waals surface area contributed by atoms with Gasteiger partial charge in [-0.25, -0.2) is 0 Å². The summed E-state index contributed by atoms with van der Waals surface area (Å²) in [6, 6.07) is 4.92. The highest BCUT2D eigenvalue weighted by molar-refractivity contribution is 9.10. The van der Waals surface area contributed by atoms with Gasteiger partial charge in [-0.05, 0) is 66.9 Å². The Morgan fingerprint density at radius 2 is 2.13 bits per heavy atom. The van der Waals surface area contributed by atoms with Gasteiger partial charge < -0.3 is 5.32 Å². The Hall–Kier alpha value is -1.08. The topological polar surface area (TPSA) is 32.3 Å². The summed E-state index contributed by atoms with van der Waals surface area (Å²) in [6.45, 7) is 3.98. The molecule has 0 saturated carbocycles. The highest BCUT2D eigenvalue weighted by Gasteiger charge is 2.43. The van der Waals surface area contributed by atoms with E-state index in [1.807, 2.05) is 19.1 Å². The number of amides is 1. The van der Waals surface area contributed by atoms with E-state index in [1.165, 1.54) is 0 Å². The number of piperidine rings is 1. The second-order valence-electron chi connectivity index (χ2n) is 6.02. The van der Waals surface area contributed by atoms with E-state index in [0.29, 0.717) is 18.7 Å². The molecule has 0 aromatic heterocycles. The maximum atomic E-state index is 12.9. The summed E-state index contributed by atoms with van der Waals surface area (Å²) in [5.41, 5.74) is 1.67. The molecule has 1 saturated heterocycles. The van der Waals surface area contributed by atoms with Crippen molar-refractivity contribution >= 4 is 27.5 Å². The van der Waals surface area contributed by atoms with E-state index in [4.69, 9.17) is 0 Å². The number of nitrogens with one attached hydrogen (secondary N) is 1. The molecule has 1 aliphatic heterocycles. The number of nitrogens with zero attached hydrogens (tertiary/aromatic N) is 1. The molecule has 3 nitrogen and oxygen atoms in total. The van der Waals surface area contributed by atoms with Crippen LogP contribution in [-0.4, -0.2) is 36.1 Å². The first-order valence-electron chi connectivity index (χ1n) is 7.56. The third kappa shape index (κ3) is 4.70. The summed E-state index contributed by atoms with van der Waals surface area (Å²) < 4.78 is 39.4. The Morgan fingerprint density at radius 1 is 1.43 bits per heavy atom. The number of rotatable bonds is 3. The van der Waals surface area contributed by atoms with E-state index in [1.54, 1.807) is 17.9 Å². The Bertz CT molecular complexity index is 577. The molecule has 1 aliphatic rings. The van der Waals surface area contributed by atoms with Crippen LogP contribution in [0.25, 0.3) is 0 Å². The third-order valence-corrected chi connectivity index (χ3v) is 4.88. The minimum atomic E-state index is -4.20. The molecule has 128 valence electrons. The molecule has 0 radical (unpaired) electrons. The molecule has 1 fully saturated rings. The fraction of sp³-hybridized carbons (Fsp3) is 0.562. The molecule has 2 atom stereocenters. The molecule has 2 rings (SSSR count). The van der Waals surface area contributed by atoms with E-state index in [2.05, 4.69) is 21.2 Å². The molecular weight excluding hydrogens is 373 g/mol. The van der Waals surface area contributed by atoms with Gasteiger partial charge in [0.15, 0.2) is 0 Å². The van der Waals surface area contributed by atoms with Gasteiger partial charge in [-0.2, -0.15) is 13.2 Å². The lowest BCUT2D eigenvalue weighted by molar-refractivity contribution is -0.188. The van der Waals surface area contributed by atoms with Gasteiger partial charge >= 0.3 is 6.18 Å². The van der Waals surface area contributed by atoms with Crippen LogP contribution in [0.4, 0.5) is 18.9 Å². The van der Waals surface area contributed by atoms with Crippen molar-refractivity contribution in [3.8, 4) is 0 Å². The molecule has 0 bridgehead atoms. The summed E-state index contributed by atoms with van der Waals surface area (Å²) in [6.07, 6.45) is -3.61. The fourth-order valence-electron chi connectivity index (χ4n) is 2.75. The van der Waals surface area contributed by atoms with E-state index in [-0.39, 0.29) is 18.9 Å². The Morgan fingerprint density at radius 3 is 2.74 bits per heavy atom. The number of hydrogen-bond acceptors (Lipinski definition) is 2. The van der Waals surface area contributed by atoms with Crippen LogP contribution < -0.4 is 5.32 Å². The lowest BCUT2D eigenvalue weighted by atomic mass is 9.96. The SMILES string of the molecule is Cc1ccc(NC(=O)C(C)N2CCCC(C(F)(F)F)C2)c(Br)c1. The van der Waals surface area contributed by atoms with Gasteiger partial charge in [0.25, 0.3) is 0 Å². The second-order valence-corrected chi connectivity index (χ2v) is 6.88. The Labute approximate surface area is 142 Å². The number of carbonyl (C=O) groups excluding carboxylic acids is 1. The van der Waals surface area contributed by atoms with Crippen molar-refractivity contribution in [3.05, 3.63) is 28.2 Å². The first-order chi connectivity index (χ1) is 10.7. The van der Waals surface area contributed by atoms with Crippen LogP contribution in [0.15, 0.2) is 22.7 Å². The number of hydrogen-bond donors (Lipinski definition) is 1. The quantitative estimate of drug-likeness (QED) is 0.828. The lowest BCUT2D eigenvalue weighted by Gasteiger charge is -2.36. The average Bonchev–Trinajstić information content (AvgIpc) is 2.48. The van der Waals surface area contributed by atoms with Gasteiger partial charge in [0.05, 0.1) is 17.6 Å². The molecule has 0 spiro atoms. The van der Waals surface area contributed by atoms with Crippen molar-refractivity contribution in [2.75, 3.05) is 18.4 Å². The van der Waals surface area contributed by atoms with Crippen LogP contribution in [0.3, 0.4) is 0 Å². The van der Waals surface area contributed by atoms with Gasteiger partial charge in [-0.1, -0.05) is 6.07 Å². The highest BCUT2D eigenvalue weighted by atomic mass is 79.9. The molecule has 1 aromatic carbocycles. The molecule has 2 unspecified atom stereocenters. The van der Waals surface area contributed by atoms with E-state index >= 15 is 0 Å². The van der Waals surface area contributed by atoms with Crippen LogP contribution in [0.2, 0.25) is 0 Å². The van der Waals surface area contributed by atoms with Crippen LogP contribution in [0.5, 0.6) is 0 Å². The first-order valence-corrected chi connectivity index (χ1v) is 8.35. The van der Waals surface area contributed by atoms with Gasteiger partial charge in [0.1, 0.15) is 0 Å². The number of halogens is 4. The number of aryl methyl sites for hydroxylation is 1. The highest BCUT2D eigenvalue weighted by Crippen LogP contribution is 2.34. The predicted molar refractivity (Wildman–Crippen MR) is 87.3 cm³/mol. The van der Waals surface area contributed by atoms with Crippen LogP contribution in [0, 0.1) is 12.8 Å². The summed E-state index contributed by atoms with van der Waals surface area (Å²) in [5, 5.41) is 2.78. The van der Waals surface area contributed by atoms with Gasteiger partial charge in [0, 0.05) is 11.0 Å². The van der Waals surface area contributed by atoms with Crippen molar-refractivity contribution in [2.24, 2.45) is 5.92 Å². The standard InChI is InChI=1S/C16H20BrF3N2O/c1-10-5-6-14(13(17)8-10)21-15(23)11(2)22-7-3-4-12(9-22)16(18,19)20/h5-6,8,11-12H,3-4,7,9H2,1-2H3,(H,21,23). The van der Waals surface area contributed by atoms with Crippen molar-refractivity contribution in [2.45, 2.75) is 38.9 Å². The number of alkyl halides is 3. The first kappa shape index (κ1) is 18.3. The van der Waals surface area contributed by atoms with Crippen molar-refractivity contribution in [1.29, 1.82) is 0 Å². The fourth-order valence-corrected chi connectivity index (χ4v) is 3.34. The van der Waals surface area contributed by atoms with Crippen molar-refractivity contribution in [1.82, 2.24) is 4.90 Å². The van der Waals surface area contributed by atoms with Crippen molar-refractivity contribution in [3.63, 3.8) is 0 Å². The minimum absolute atomic E-state index is 0.118. The normalized spacial score (nSPS) is 21.0. The number of likely N-dealkylation sites (tertiary alicyclic amines) is 1. The molecule has 0 aliphatic carbocycles. The third-order valence-electron chi connectivity index (χ3n) is 4.23. The summed E-state index contributed by atoms with van der Waals surface area (Å²) in [7, 11) is 0. The zero-order chi connectivity index (χ0) is 17.2. The second kappa shape index (κ2) is 7.21. The largest absolute Gasteiger partial charge is 0.393 e. The molecule has 1 aromatic rings. The van der Waals surface area contributed by atoms with Gasteiger partial charge in [-0.15, -0.1) is 0 Å². The summed E-state index contributed by atoms with van der Waals surface area (Å²) in [5.74, 6) is -1.64. The molecule has 1 amide bonds. The number of carbonyl (C=O) groups is 1. The zero-order valence-electron chi connectivity index (χ0n) is 13.1.